The number of nitrogens with zero attached hydrogens (tertiary/aromatic N) is 2. The Kier molecular flexibility index (Phi) is 5.08. The summed E-state index contributed by atoms with van der Waals surface area (Å²) in [6.07, 6.45) is 8.10. The summed E-state index contributed by atoms with van der Waals surface area (Å²) in [5.41, 5.74) is 16.4. The summed E-state index contributed by atoms with van der Waals surface area (Å²) in [7, 11) is 0. The molecular formula is C26H19N5Zn. The van der Waals surface area contributed by atoms with Crippen molar-refractivity contribution in [2.45, 2.75) is 0 Å². The van der Waals surface area contributed by atoms with Crippen LogP contribution in [0.25, 0.3) is 57.5 Å². The maximum absolute atomic E-state index is 5.89. The molecule has 0 amide bonds. The Morgan fingerprint density at radius 2 is 1.09 bits per heavy atom. The maximum atomic E-state index is 5.89. The van der Waals surface area contributed by atoms with E-state index in [4.69, 9.17) is 15.7 Å². The van der Waals surface area contributed by atoms with E-state index < -0.39 is 0 Å². The van der Waals surface area contributed by atoms with Crippen molar-refractivity contribution in [2.24, 2.45) is 0 Å². The SMILES string of the molecule is Nc1ccc(-c2cc3cc4nc(cc5ccc(cc6nc(cc2[nH]3)C=C6)[nH]5)C=C4)cc1.[Zn]. The molecule has 32 heavy (non-hydrogen) atoms. The molecule has 3 aromatic heterocycles. The quantitative estimate of drug-likeness (QED) is 0.208. The van der Waals surface area contributed by atoms with E-state index in [0.29, 0.717) is 0 Å². The van der Waals surface area contributed by atoms with Gasteiger partial charge >= 0.3 is 0 Å². The van der Waals surface area contributed by atoms with Gasteiger partial charge in [0.05, 0.1) is 22.8 Å². The van der Waals surface area contributed by atoms with Gasteiger partial charge in [-0.15, -0.1) is 0 Å². The zero-order valence-corrected chi connectivity index (χ0v) is 20.3. The number of nitrogens with one attached hydrogen (secondary N) is 2. The second kappa shape index (κ2) is 8.06. The minimum Gasteiger partial charge on any atom is -0.399 e. The van der Waals surface area contributed by atoms with Gasteiger partial charge in [0, 0.05) is 52.8 Å². The molecule has 0 saturated heterocycles. The van der Waals surface area contributed by atoms with Crippen molar-refractivity contribution in [3.05, 3.63) is 89.5 Å². The summed E-state index contributed by atoms with van der Waals surface area (Å²) in [6.45, 7) is 0. The third-order valence-corrected chi connectivity index (χ3v) is 5.39. The number of anilines is 1. The van der Waals surface area contributed by atoms with Crippen molar-refractivity contribution >= 4 is 52.1 Å². The van der Waals surface area contributed by atoms with Gasteiger partial charge in [0.15, 0.2) is 0 Å². The monoisotopic (exact) mass is 465 g/mol. The van der Waals surface area contributed by atoms with Crippen molar-refractivity contribution in [3.8, 4) is 11.1 Å². The summed E-state index contributed by atoms with van der Waals surface area (Å²) < 4.78 is 0. The van der Waals surface area contributed by atoms with E-state index in [0.717, 1.165) is 61.7 Å². The average molecular weight is 467 g/mol. The van der Waals surface area contributed by atoms with Crippen LogP contribution in [0.5, 0.6) is 0 Å². The van der Waals surface area contributed by atoms with Crippen LogP contribution in [-0.2, 0) is 19.5 Å². The number of nitrogen functional groups attached to an aromatic ring is 1. The van der Waals surface area contributed by atoms with Gasteiger partial charge in [0.25, 0.3) is 0 Å². The third-order valence-electron chi connectivity index (χ3n) is 5.39. The smallest absolute Gasteiger partial charge is 0.0658 e. The number of rotatable bonds is 1. The van der Waals surface area contributed by atoms with Crippen LogP contribution in [0.3, 0.4) is 0 Å². The first-order valence-electron chi connectivity index (χ1n) is 10.1. The molecule has 150 valence electrons. The fourth-order valence-electron chi connectivity index (χ4n) is 3.92. The van der Waals surface area contributed by atoms with Crippen molar-refractivity contribution in [1.82, 2.24) is 19.9 Å². The molecule has 8 bridgehead atoms. The molecule has 5 nitrogen and oxygen atoms in total. The predicted octanol–water partition coefficient (Wildman–Crippen LogP) is 5.90. The summed E-state index contributed by atoms with van der Waals surface area (Å²) >= 11 is 0. The molecule has 0 atom stereocenters. The van der Waals surface area contributed by atoms with Crippen LogP contribution >= 0.6 is 0 Å². The van der Waals surface area contributed by atoms with Crippen LogP contribution in [0.4, 0.5) is 5.69 Å². The summed E-state index contributed by atoms with van der Waals surface area (Å²) in [6, 6.07) is 22.4. The minimum absolute atomic E-state index is 0. The number of benzene rings is 1. The Balaban J connectivity index is 0.00000216. The fraction of sp³-hybridized carbons (Fsp3) is 0. The van der Waals surface area contributed by atoms with Crippen LogP contribution < -0.4 is 5.73 Å². The van der Waals surface area contributed by atoms with E-state index in [1.165, 1.54) is 0 Å². The predicted molar refractivity (Wildman–Crippen MR) is 129 cm³/mol. The molecule has 0 spiro atoms. The van der Waals surface area contributed by atoms with E-state index in [9.17, 15) is 0 Å². The Morgan fingerprint density at radius 3 is 1.69 bits per heavy atom. The molecule has 2 aliphatic rings. The second-order valence-corrected chi connectivity index (χ2v) is 7.71. The number of aromatic nitrogens is 4. The van der Waals surface area contributed by atoms with E-state index in [1.807, 2.05) is 72.8 Å². The first kappa shape index (κ1) is 20.2. The van der Waals surface area contributed by atoms with E-state index >= 15 is 0 Å². The number of aromatic amines is 2. The van der Waals surface area contributed by atoms with E-state index in [1.54, 1.807) is 0 Å². The average Bonchev–Trinajstić information content (AvgIpc) is 3.54. The Morgan fingerprint density at radius 1 is 0.562 bits per heavy atom. The van der Waals surface area contributed by atoms with Crippen molar-refractivity contribution in [3.63, 3.8) is 0 Å². The number of fused-ring (bicyclic) bond motifs is 8. The van der Waals surface area contributed by atoms with Crippen LogP contribution in [0.1, 0.15) is 22.8 Å². The van der Waals surface area contributed by atoms with Crippen molar-refractivity contribution in [1.29, 1.82) is 0 Å². The third kappa shape index (κ3) is 3.93. The molecule has 2 aliphatic heterocycles. The zero-order valence-electron chi connectivity index (χ0n) is 17.3. The van der Waals surface area contributed by atoms with Crippen molar-refractivity contribution < 1.29 is 19.5 Å². The first-order valence-corrected chi connectivity index (χ1v) is 10.1. The topological polar surface area (TPSA) is 83.4 Å². The molecule has 0 aliphatic carbocycles. The van der Waals surface area contributed by atoms with Gasteiger partial charge in [-0.3, -0.25) is 0 Å². The van der Waals surface area contributed by atoms with Crippen LogP contribution in [-0.4, -0.2) is 19.9 Å². The van der Waals surface area contributed by atoms with Gasteiger partial charge in [0.2, 0.25) is 0 Å². The Bertz CT molecular complexity index is 1540. The molecule has 6 heteroatoms. The maximum Gasteiger partial charge on any atom is 0.0658 e. The molecule has 4 N–H and O–H groups in total. The second-order valence-electron chi connectivity index (χ2n) is 7.71. The van der Waals surface area contributed by atoms with Gasteiger partial charge in [0.1, 0.15) is 0 Å². The number of H-pyrrole nitrogens is 2. The summed E-state index contributed by atoms with van der Waals surface area (Å²) in [5.74, 6) is 0. The first-order chi connectivity index (χ1) is 15.2. The summed E-state index contributed by atoms with van der Waals surface area (Å²) in [4.78, 5) is 16.4. The van der Waals surface area contributed by atoms with Gasteiger partial charge in [-0.2, -0.15) is 0 Å². The molecule has 0 radical (unpaired) electrons. The Hall–Kier alpha value is -3.76. The molecular weight excluding hydrogens is 448 g/mol. The molecule has 5 heterocycles. The standard InChI is InChI=1S/C26H19N5.Zn/c27-17-3-1-16(2-4-17)25-14-24-13-22-8-7-20(29-22)11-18-5-6-19(28-18)12-21-9-10-23(30-21)15-26(25)31-24;/h1-15,28,31H,27H2;. The molecule has 1 aromatic carbocycles. The number of nitrogens with two attached hydrogens (primary N) is 1. The van der Waals surface area contributed by atoms with Crippen molar-refractivity contribution in [2.75, 3.05) is 5.73 Å². The molecule has 0 fully saturated rings. The number of hydrogen-bond donors (Lipinski definition) is 3. The Labute approximate surface area is 197 Å². The molecule has 0 unspecified atom stereocenters. The number of hydrogen-bond acceptors (Lipinski definition) is 3. The fourth-order valence-corrected chi connectivity index (χ4v) is 3.92. The minimum atomic E-state index is 0. The molecule has 6 rings (SSSR count). The van der Waals surface area contributed by atoms with Crippen LogP contribution in [0.15, 0.2) is 66.7 Å². The van der Waals surface area contributed by atoms with E-state index in [2.05, 4.69) is 28.2 Å². The van der Waals surface area contributed by atoms with Gasteiger partial charge in [-0.05, 0) is 84.5 Å². The molecule has 0 saturated carbocycles. The summed E-state index contributed by atoms with van der Waals surface area (Å²) in [5, 5.41) is 0. The largest absolute Gasteiger partial charge is 0.399 e. The normalized spacial score (nSPS) is 12.0. The molecule has 4 aromatic rings. The van der Waals surface area contributed by atoms with Gasteiger partial charge in [-0.1, -0.05) is 12.1 Å². The van der Waals surface area contributed by atoms with Gasteiger partial charge in [-0.25, -0.2) is 9.97 Å². The van der Waals surface area contributed by atoms with Crippen LogP contribution in [0.2, 0.25) is 0 Å². The van der Waals surface area contributed by atoms with E-state index in [-0.39, 0.29) is 19.5 Å². The van der Waals surface area contributed by atoms with Crippen LogP contribution in [0, 0.1) is 0 Å². The van der Waals surface area contributed by atoms with Gasteiger partial charge < -0.3 is 15.7 Å². The zero-order chi connectivity index (χ0) is 20.8.